The van der Waals surface area contributed by atoms with Crippen LogP contribution in [0.2, 0.25) is 0 Å². The van der Waals surface area contributed by atoms with Gasteiger partial charge in [-0.1, -0.05) is 18.2 Å². The first kappa shape index (κ1) is 16.3. The summed E-state index contributed by atoms with van der Waals surface area (Å²) in [5.41, 5.74) is 0.393. The Morgan fingerprint density at radius 1 is 1.26 bits per heavy atom. The summed E-state index contributed by atoms with van der Waals surface area (Å²) in [5, 5.41) is 0. The summed E-state index contributed by atoms with van der Waals surface area (Å²) in [6.07, 6.45) is -4.61. The van der Waals surface area contributed by atoms with E-state index in [0.717, 1.165) is 0 Å². The summed E-state index contributed by atoms with van der Waals surface area (Å²) >= 11 is 5.38. The molecule has 0 bridgehead atoms. The van der Waals surface area contributed by atoms with Crippen LogP contribution in [0.25, 0.3) is 0 Å². The maximum absolute atomic E-state index is 12.4. The maximum atomic E-state index is 12.4. The first-order valence-electron chi connectivity index (χ1n) is 5.37. The molecule has 0 spiro atoms. The van der Waals surface area contributed by atoms with Crippen molar-refractivity contribution in [2.24, 2.45) is 0 Å². The van der Waals surface area contributed by atoms with Crippen LogP contribution >= 0.6 is 11.6 Å². The van der Waals surface area contributed by atoms with Crippen LogP contribution in [0.4, 0.5) is 13.2 Å². The van der Waals surface area contributed by atoms with Gasteiger partial charge < -0.3 is 0 Å². The molecule has 1 aromatic carbocycles. The fourth-order valence-corrected chi connectivity index (χ4v) is 3.52. The van der Waals surface area contributed by atoms with Gasteiger partial charge in [-0.2, -0.15) is 17.5 Å². The van der Waals surface area contributed by atoms with E-state index in [4.69, 9.17) is 11.6 Å². The van der Waals surface area contributed by atoms with Crippen molar-refractivity contribution in [3.8, 4) is 0 Å². The quantitative estimate of drug-likeness (QED) is 0.784. The minimum absolute atomic E-state index is 0.135. The molecule has 3 nitrogen and oxygen atoms in total. The van der Waals surface area contributed by atoms with E-state index in [1.54, 1.807) is 6.07 Å². The van der Waals surface area contributed by atoms with Crippen LogP contribution in [0.15, 0.2) is 29.2 Å². The highest BCUT2D eigenvalue weighted by atomic mass is 35.5. The van der Waals surface area contributed by atoms with E-state index >= 15 is 0 Å². The van der Waals surface area contributed by atoms with Crippen LogP contribution in [0.3, 0.4) is 0 Å². The van der Waals surface area contributed by atoms with Gasteiger partial charge in [0.2, 0.25) is 10.0 Å². The third-order valence-corrected chi connectivity index (χ3v) is 4.58. The van der Waals surface area contributed by atoms with Crippen LogP contribution < -0.4 is 0 Å². The highest BCUT2D eigenvalue weighted by molar-refractivity contribution is 7.89. The molecule has 0 aliphatic rings. The Morgan fingerprint density at radius 2 is 1.84 bits per heavy atom. The Labute approximate surface area is 115 Å². The molecule has 0 saturated heterocycles. The highest BCUT2D eigenvalue weighted by Gasteiger charge is 2.37. The predicted octanol–water partition coefficient (Wildman–Crippen LogP) is 2.79. The Hall–Kier alpha value is -0.790. The van der Waals surface area contributed by atoms with E-state index in [1.165, 1.54) is 25.1 Å². The molecule has 0 saturated carbocycles. The molecule has 0 heterocycles. The van der Waals surface area contributed by atoms with Crippen molar-refractivity contribution in [1.82, 2.24) is 4.31 Å². The molecule has 0 aliphatic carbocycles. The SMILES string of the molecule is Cc1ccccc1S(=O)(=O)N(CCCl)CC(F)(F)F. The van der Waals surface area contributed by atoms with Crippen LogP contribution in [-0.4, -0.2) is 37.9 Å². The van der Waals surface area contributed by atoms with Gasteiger partial charge in [0.1, 0.15) is 6.54 Å². The van der Waals surface area contributed by atoms with Crippen LogP contribution in [-0.2, 0) is 10.0 Å². The second-order valence-corrected chi connectivity index (χ2v) is 6.19. The summed E-state index contributed by atoms with van der Waals surface area (Å²) in [7, 11) is -4.20. The third-order valence-electron chi connectivity index (χ3n) is 2.40. The highest BCUT2D eigenvalue weighted by Crippen LogP contribution is 2.24. The normalized spacial score (nSPS) is 12.9. The minimum Gasteiger partial charge on any atom is -0.207 e. The van der Waals surface area contributed by atoms with Crippen LogP contribution in [0.5, 0.6) is 0 Å². The number of hydrogen-bond acceptors (Lipinski definition) is 2. The molecule has 1 rings (SSSR count). The molecular formula is C11H13ClF3NO2S. The van der Waals surface area contributed by atoms with E-state index in [2.05, 4.69) is 0 Å². The predicted molar refractivity (Wildman–Crippen MR) is 66.7 cm³/mol. The molecule has 1 aromatic rings. The first-order chi connectivity index (χ1) is 8.68. The van der Waals surface area contributed by atoms with Gasteiger partial charge in [0, 0.05) is 12.4 Å². The van der Waals surface area contributed by atoms with Crippen molar-refractivity contribution < 1.29 is 21.6 Å². The Bertz CT molecular complexity index is 531. The molecule has 0 amide bonds. The average molecular weight is 316 g/mol. The van der Waals surface area contributed by atoms with Crippen molar-refractivity contribution >= 4 is 21.6 Å². The lowest BCUT2D eigenvalue weighted by atomic mass is 10.2. The summed E-state index contributed by atoms with van der Waals surface area (Å²) in [6, 6.07) is 5.89. The fourth-order valence-electron chi connectivity index (χ4n) is 1.56. The molecule has 8 heteroatoms. The van der Waals surface area contributed by atoms with Gasteiger partial charge in [-0.05, 0) is 18.6 Å². The molecule has 0 aliphatic heterocycles. The van der Waals surface area contributed by atoms with Crippen molar-refractivity contribution in [3.05, 3.63) is 29.8 Å². The molecule has 19 heavy (non-hydrogen) atoms. The lowest BCUT2D eigenvalue weighted by molar-refractivity contribution is -0.135. The number of benzene rings is 1. The van der Waals surface area contributed by atoms with E-state index < -0.39 is 29.3 Å². The van der Waals surface area contributed by atoms with Crippen molar-refractivity contribution in [3.63, 3.8) is 0 Å². The number of rotatable bonds is 5. The van der Waals surface area contributed by atoms with Crippen molar-refractivity contribution in [1.29, 1.82) is 0 Å². The second kappa shape index (κ2) is 6.11. The zero-order chi connectivity index (χ0) is 14.7. The number of nitrogens with zero attached hydrogens (tertiary/aromatic N) is 1. The van der Waals surface area contributed by atoms with Gasteiger partial charge in [0.15, 0.2) is 0 Å². The maximum Gasteiger partial charge on any atom is 0.402 e. The van der Waals surface area contributed by atoms with E-state index in [1.807, 2.05) is 0 Å². The molecule has 0 fully saturated rings. The fraction of sp³-hybridized carbons (Fsp3) is 0.455. The zero-order valence-electron chi connectivity index (χ0n) is 10.1. The van der Waals surface area contributed by atoms with E-state index in [9.17, 15) is 21.6 Å². The van der Waals surface area contributed by atoms with Gasteiger partial charge >= 0.3 is 6.18 Å². The number of sulfonamides is 1. The molecule has 0 unspecified atom stereocenters. The summed E-state index contributed by atoms with van der Waals surface area (Å²) in [4.78, 5) is -0.135. The topological polar surface area (TPSA) is 37.4 Å². The first-order valence-corrected chi connectivity index (χ1v) is 7.34. The van der Waals surface area contributed by atoms with E-state index in [0.29, 0.717) is 9.87 Å². The number of alkyl halides is 4. The zero-order valence-corrected chi connectivity index (χ0v) is 11.7. The largest absolute Gasteiger partial charge is 0.402 e. The van der Waals surface area contributed by atoms with Gasteiger partial charge in [-0.15, -0.1) is 11.6 Å². The number of aryl methyl sites for hydroxylation is 1. The van der Waals surface area contributed by atoms with E-state index in [-0.39, 0.29) is 10.8 Å². The van der Waals surface area contributed by atoms with Gasteiger partial charge in [0.05, 0.1) is 4.90 Å². The smallest absolute Gasteiger partial charge is 0.207 e. The lowest BCUT2D eigenvalue weighted by Gasteiger charge is -2.23. The minimum atomic E-state index is -4.61. The Kier molecular flexibility index (Phi) is 5.23. The summed E-state index contributed by atoms with van der Waals surface area (Å²) in [6.45, 7) is -0.409. The molecular weight excluding hydrogens is 303 g/mol. The van der Waals surface area contributed by atoms with Gasteiger partial charge in [-0.3, -0.25) is 0 Å². The third kappa shape index (κ3) is 4.36. The summed E-state index contributed by atoms with van der Waals surface area (Å²) in [5.74, 6) is -0.207. The van der Waals surface area contributed by atoms with Crippen molar-refractivity contribution in [2.75, 3.05) is 19.0 Å². The summed E-state index contributed by atoms with van der Waals surface area (Å²) < 4.78 is 62.0. The molecule has 0 N–H and O–H groups in total. The lowest BCUT2D eigenvalue weighted by Crippen LogP contribution is -2.40. The Morgan fingerprint density at radius 3 is 2.32 bits per heavy atom. The molecule has 0 radical (unpaired) electrons. The molecule has 108 valence electrons. The molecule has 0 atom stereocenters. The number of hydrogen-bond donors (Lipinski definition) is 0. The standard InChI is InChI=1S/C11H13ClF3NO2S/c1-9-4-2-3-5-10(9)19(17,18)16(7-6-12)8-11(13,14)15/h2-5H,6-8H2,1H3. The van der Waals surface area contributed by atoms with Gasteiger partial charge in [-0.25, -0.2) is 8.42 Å². The number of halogens is 4. The second-order valence-electron chi connectivity index (χ2n) is 3.91. The van der Waals surface area contributed by atoms with Crippen LogP contribution in [0.1, 0.15) is 5.56 Å². The van der Waals surface area contributed by atoms with Crippen molar-refractivity contribution in [2.45, 2.75) is 18.0 Å². The van der Waals surface area contributed by atoms with Gasteiger partial charge in [0.25, 0.3) is 0 Å². The monoisotopic (exact) mass is 315 g/mol. The Balaban J connectivity index is 3.17. The average Bonchev–Trinajstić information content (AvgIpc) is 2.27. The van der Waals surface area contributed by atoms with Crippen LogP contribution in [0, 0.1) is 6.92 Å². The molecule has 0 aromatic heterocycles.